The van der Waals surface area contributed by atoms with E-state index in [4.69, 9.17) is 0 Å². The lowest BCUT2D eigenvalue weighted by molar-refractivity contribution is -0.136. The zero-order chi connectivity index (χ0) is 15.5. The number of rotatable bonds is 4. The zero-order valence-corrected chi connectivity index (χ0v) is 13.3. The molecule has 116 valence electrons. The summed E-state index contributed by atoms with van der Waals surface area (Å²) in [5.41, 5.74) is 0. The van der Waals surface area contributed by atoms with Crippen LogP contribution in [0.3, 0.4) is 0 Å². The van der Waals surface area contributed by atoms with Crippen LogP contribution in [0.1, 0.15) is 20.3 Å². The molecule has 0 aliphatic carbocycles. The molecule has 0 N–H and O–H groups in total. The van der Waals surface area contributed by atoms with Crippen LogP contribution in [0, 0.1) is 5.92 Å². The van der Waals surface area contributed by atoms with Crippen LogP contribution in [-0.2, 0) is 14.8 Å². The molecule has 0 spiro atoms. The van der Waals surface area contributed by atoms with E-state index < -0.39 is 10.0 Å². The summed E-state index contributed by atoms with van der Waals surface area (Å²) >= 11 is 0. The van der Waals surface area contributed by atoms with Crippen molar-refractivity contribution in [3.63, 3.8) is 0 Å². The van der Waals surface area contributed by atoms with E-state index in [0.29, 0.717) is 31.1 Å². The van der Waals surface area contributed by atoms with Crippen molar-refractivity contribution >= 4 is 15.9 Å². The lowest BCUT2D eigenvalue weighted by atomic mass is 10.1. The summed E-state index contributed by atoms with van der Waals surface area (Å²) in [7, 11) is -3.44. The molecule has 1 aliphatic heterocycles. The van der Waals surface area contributed by atoms with Crippen LogP contribution < -0.4 is 0 Å². The van der Waals surface area contributed by atoms with Gasteiger partial charge in [-0.2, -0.15) is 4.31 Å². The second kappa shape index (κ2) is 6.58. The largest absolute Gasteiger partial charge is 0.340 e. The molecular weight excluding hydrogens is 288 g/mol. The molecule has 1 atom stereocenters. The summed E-state index contributed by atoms with van der Waals surface area (Å²) in [5, 5.41) is 0. The first-order chi connectivity index (χ1) is 9.96. The van der Waals surface area contributed by atoms with Crippen LogP contribution >= 0.6 is 0 Å². The summed E-state index contributed by atoms with van der Waals surface area (Å²) in [6, 6.07) is 8.44. The number of nitrogens with zero attached hydrogens (tertiary/aromatic N) is 2. The normalized spacial score (nSPS) is 18.5. The lowest BCUT2D eigenvalue weighted by Gasteiger charge is -2.35. The Morgan fingerprint density at radius 3 is 2.24 bits per heavy atom. The number of hydrogen-bond acceptors (Lipinski definition) is 3. The smallest absolute Gasteiger partial charge is 0.243 e. The molecule has 1 heterocycles. The minimum Gasteiger partial charge on any atom is -0.340 e. The Bertz CT molecular complexity index is 578. The molecule has 1 aliphatic rings. The molecule has 1 saturated heterocycles. The predicted molar refractivity (Wildman–Crippen MR) is 81.2 cm³/mol. The first-order valence-corrected chi connectivity index (χ1v) is 8.74. The number of carbonyl (C=O) groups is 1. The van der Waals surface area contributed by atoms with Crippen LogP contribution in [0.5, 0.6) is 0 Å². The second-order valence-corrected chi connectivity index (χ2v) is 7.29. The summed E-state index contributed by atoms with van der Waals surface area (Å²) in [6.45, 7) is 5.55. The topological polar surface area (TPSA) is 57.7 Å². The van der Waals surface area contributed by atoms with E-state index >= 15 is 0 Å². The SMILES string of the molecule is CC[C@@H](C)C(=O)N1CCN(S(=O)(=O)c2ccccc2)CC1. The maximum atomic E-state index is 12.5. The molecule has 0 radical (unpaired) electrons. The lowest BCUT2D eigenvalue weighted by Crippen LogP contribution is -2.51. The number of sulfonamides is 1. The molecule has 1 amide bonds. The van der Waals surface area contributed by atoms with Gasteiger partial charge in [-0.1, -0.05) is 32.0 Å². The van der Waals surface area contributed by atoms with Crippen molar-refractivity contribution in [2.45, 2.75) is 25.2 Å². The molecule has 2 rings (SSSR count). The van der Waals surface area contributed by atoms with Crippen LogP contribution in [0.2, 0.25) is 0 Å². The number of hydrogen-bond donors (Lipinski definition) is 0. The molecule has 1 aromatic carbocycles. The first kappa shape index (κ1) is 16.0. The number of carbonyl (C=O) groups excluding carboxylic acids is 1. The standard InChI is InChI=1S/C15H22N2O3S/c1-3-13(2)15(18)16-9-11-17(12-10-16)21(19,20)14-7-5-4-6-8-14/h4-8,13H,3,9-12H2,1-2H3/t13-/m1/s1. The van der Waals surface area contributed by atoms with Crippen molar-refractivity contribution in [3.05, 3.63) is 30.3 Å². The van der Waals surface area contributed by atoms with E-state index in [0.717, 1.165) is 6.42 Å². The summed E-state index contributed by atoms with van der Waals surface area (Å²) in [6.07, 6.45) is 0.807. The summed E-state index contributed by atoms with van der Waals surface area (Å²) in [5.74, 6) is 0.122. The Morgan fingerprint density at radius 2 is 1.71 bits per heavy atom. The highest BCUT2D eigenvalue weighted by molar-refractivity contribution is 7.89. The monoisotopic (exact) mass is 310 g/mol. The number of benzene rings is 1. The highest BCUT2D eigenvalue weighted by Crippen LogP contribution is 2.18. The third kappa shape index (κ3) is 3.44. The van der Waals surface area contributed by atoms with Gasteiger partial charge < -0.3 is 4.90 Å². The van der Waals surface area contributed by atoms with Gasteiger partial charge in [-0.15, -0.1) is 0 Å². The fourth-order valence-corrected chi connectivity index (χ4v) is 3.82. The first-order valence-electron chi connectivity index (χ1n) is 7.30. The highest BCUT2D eigenvalue weighted by atomic mass is 32.2. The third-order valence-corrected chi connectivity index (χ3v) is 5.88. The van der Waals surface area contributed by atoms with Gasteiger partial charge >= 0.3 is 0 Å². The van der Waals surface area contributed by atoms with Crippen LogP contribution in [0.4, 0.5) is 0 Å². The molecule has 0 aromatic heterocycles. The van der Waals surface area contributed by atoms with Crippen molar-refractivity contribution in [2.24, 2.45) is 5.92 Å². The molecule has 0 saturated carbocycles. The van der Waals surface area contributed by atoms with E-state index in [-0.39, 0.29) is 11.8 Å². The van der Waals surface area contributed by atoms with Crippen molar-refractivity contribution < 1.29 is 13.2 Å². The van der Waals surface area contributed by atoms with Crippen LogP contribution in [-0.4, -0.2) is 49.7 Å². The maximum Gasteiger partial charge on any atom is 0.243 e. The van der Waals surface area contributed by atoms with Gasteiger partial charge in [0.05, 0.1) is 4.90 Å². The molecule has 0 bridgehead atoms. The Hall–Kier alpha value is -1.40. The fraction of sp³-hybridized carbons (Fsp3) is 0.533. The average molecular weight is 310 g/mol. The minimum absolute atomic E-state index is 0.00211. The van der Waals surface area contributed by atoms with Gasteiger partial charge in [-0.25, -0.2) is 8.42 Å². The van der Waals surface area contributed by atoms with Crippen molar-refractivity contribution in [2.75, 3.05) is 26.2 Å². The third-order valence-electron chi connectivity index (χ3n) is 3.97. The molecule has 0 unspecified atom stereocenters. The van der Waals surface area contributed by atoms with E-state index in [9.17, 15) is 13.2 Å². The van der Waals surface area contributed by atoms with Gasteiger partial charge in [0.15, 0.2) is 0 Å². The van der Waals surface area contributed by atoms with Gasteiger partial charge in [-0.3, -0.25) is 4.79 Å². The molecule has 1 aromatic rings. The Morgan fingerprint density at radius 1 is 1.14 bits per heavy atom. The summed E-state index contributed by atoms with van der Waals surface area (Å²) in [4.78, 5) is 14.2. The number of amides is 1. The highest BCUT2D eigenvalue weighted by Gasteiger charge is 2.30. The second-order valence-electron chi connectivity index (χ2n) is 5.35. The van der Waals surface area contributed by atoms with Gasteiger partial charge in [-0.05, 0) is 18.6 Å². The molecule has 21 heavy (non-hydrogen) atoms. The molecule has 6 heteroatoms. The average Bonchev–Trinajstić information content (AvgIpc) is 2.54. The van der Waals surface area contributed by atoms with Gasteiger partial charge in [0, 0.05) is 32.1 Å². The quantitative estimate of drug-likeness (QED) is 0.848. The Kier molecular flexibility index (Phi) is 5.00. The molecular formula is C15H22N2O3S. The molecule has 5 nitrogen and oxygen atoms in total. The fourth-order valence-electron chi connectivity index (χ4n) is 2.38. The van der Waals surface area contributed by atoms with Gasteiger partial charge in [0.2, 0.25) is 15.9 Å². The predicted octanol–water partition coefficient (Wildman–Crippen LogP) is 1.57. The minimum atomic E-state index is -3.44. The zero-order valence-electron chi connectivity index (χ0n) is 12.5. The van der Waals surface area contributed by atoms with Crippen molar-refractivity contribution in [1.29, 1.82) is 0 Å². The van der Waals surface area contributed by atoms with E-state index in [2.05, 4.69) is 0 Å². The van der Waals surface area contributed by atoms with E-state index in [1.165, 1.54) is 4.31 Å². The van der Waals surface area contributed by atoms with Gasteiger partial charge in [0.25, 0.3) is 0 Å². The maximum absolute atomic E-state index is 12.5. The van der Waals surface area contributed by atoms with E-state index in [1.807, 2.05) is 13.8 Å². The Balaban J connectivity index is 2.03. The van der Waals surface area contributed by atoms with Gasteiger partial charge in [0.1, 0.15) is 0 Å². The van der Waals surface area contributed by atoms with Crippen LogP contribution in [0.15, 0.2) is 35.2 Å². The van der Waals surface area contributed by atoms with Crippen molar-refractivity contribution in [3.8, 4) is 0 Å². The van der Waals surface area contributed by atoms with Crippen LogP contribution in [0.25, 0.3) is 0 Å². The van der Waals surface area contributed by atoms with E-state index in [1.54, 1.807) is 35.2 Å². The Labute approximate surface area is 126 Å². The molecule has 1 fully saturated rings. The number of piperazine rings is 1. The van der Waals surface area contributed by atoms with Crippen molar-refractivity contribution in [1.82, 2.24) is 9.21 Å². The summed E-state index contributed by atoms with van der Waals surface area (Å²) < 4.78 is 26.4.